The number of aromatic nitrogens is 2. The Morgan fingerprint density at radius 1 is 1.32 bits per heavy atom. The second kappa shape index (κ2) is 6.25. The van der Waals surface area contributed by atoms with Gasteiger partial charge in [0.15, 0.2) is 0 Å². The van der Waals surface area contributed by atoms with Crippen molar-refractivity contribution >= 4 is 23.0 Å². The monoisotopic (exact) mass is 303 g/mol. The molecule has 0 aliphatic heterocycles. The van der Waals surface area contributed by atoms with Gasteiger partial charge in [0.2, 0.25) is 11.6 Å². The lowest BCUT2D eigenvalue weighted by molar-refractivity contribution is -0.383. The summed E-state index contributed by atoms with van der Waals surface area (Å²) in [5, 5.41) is 14.4. The number of anilines is 3. The van der Waals surface area contributed by atoms with Gasteiger partial charge in [0.05, 0.1) is 17.7 Å². The Labute approximate surface area is 127 Å². The molecule has 0 bridgehead atoms. The van der Waals surface area contributed by atoms with Gasteiger partial charge in [-0.1, -0.05) is 6.07 Å². The molecule has 2 rings (SSSR count). The fourth-order valence-corrected chi connectivity index (χ4v) is 2.00. The molecule has 8 heteroatoms. The van der Waals surface area contributed by atoms with Gasteiger partial charge in [-0.05, 0) is 24.6 Å². The van der Waals surface area contributed by atoms with Crippen molar-refractivity contribution < 1.29 is 9.66 Å². The maximum Gasteiger partial charge on any atom is 0.353 e. The summed E-state index contributed by atoms with van der Waals surface area (Å²) in [5.74, 6) is 0.923. The molecule has 116 valence electrons. The van der Waals surface area contributed by atoms with Crippen LogP contribution in [-0.4, -0.2) is 36.1 Å². The lowest BCUT2D eigenvalue weighted by Crippen LogP contribution is -2.14. The predicted octanol–water partition coefficient (Wildman–Crippen LogP) is 2.51. The van der Waals surface area contributed by atoms with E-state index in [1.165, 1.54) is 13.4 Å². The number of hydrogen-bond donors (Lipinski definition) is 1. The van der Waals surface area contributed by atoms with Gasteiger partial charge >= 0.3 is 5.69 Å². The van der Waals surface area contributed by atoms with Crippen LogP contribution >= 0.6 is 0 Å². The van der Waals surface area contributed by atoms with E-state index in [9.17, 15) is 10.1 Å². The molecular weight excluding hydrogens is 286 g/mol. The average Bonchev–Trinajstić information content (AvgIpc) is 2.47. The third kappa shape index (κ3) is 3.05. The molecule has 0 aliphatic carbocycles. The highest BCUT2D eigenvalue weighted by Crippen LogP contribution is 2.35. The summed E-state index contributed by atoms with van der Waals surface area (Å²) in [6.07, 6.45) is 1.28. The van der Waals surface area contributed by atoms with E-state index < -0.39 is 4.92 Å². The number of nitrogens with one attached hydrogen (secondary N) is 1. The predicted molar refractivity (Wildman–Crippen MR) is 84.0 cm³/mol. The zero-order valence-corrected chi connectivity index (χ0v) is 12.8. The lowest BCUT2D eigenvalue weighted by Gasteiger charge is -2.15. The van der Waals surface area contributed by atoms with Crippen LogP contribution in [0.2, 0.25) is 0 Å². The number of aryl methyl sites for hydroxylation is 1. The molecule has 22 heavy (non-hydrogen) atoms. The molecule has 0 atom stereocenters. The highest BCUT2D eigenvalue weighted by molar-refractivity contribution is 5.76. The van der Waals surface area contributed by atoms with E-state index in [2.05, 4.69) is 15.3 Å². The molecule has 1 aromatic carbocycles. The first-order valence-corrected chi connectivity index (χ1v) is 6.52. The molecule has 0 amide bonds. The van der Waals surface area contributed by atoms with Crippen molar-refractivity contribution in [2.75, 3.05) is 31.4 Å². The van der Waals surface area contributed by atoms with Crippen LogP contribution < -0.4 is 15.0 Å². The Kier molecular flexibility index (Phi) is 4.40. The summed E-state index contributed by atoms with van der Waals surface area (Å²) in [7, 11) is 4.91. The minimum atomic E-state index is -0.500. The van der Waals surface area contributed by atoms with E-state index in [1.807, 2.05) is 19.1 Å². The molecule has 0 saturated carbocycles. The number of methoxy groups -OCH3 is 1. The van der Waals surface area contributed by atoms with Gasteiger partial charge < -0.3 is 15.0 Å². The van der Waals surface area contributed by atoms with Gasteiger partial charge in [0.1, 0.15) is 12.1 Å². The van der Waals surface area contributed by atoms with Gasteiger partial charge in [-0.25, -0.2) is 9.97 Å². The van der Waals surface area contributed by atoms with Gasteiger partial charge in [-0.3, -0.25) is 10.1 Å². The van der Waals surface area contributed by atoms with Gasteiger partial charge in [0.25, 0.3) is 0 Å². The third-order valence-electron chi connectivity index (χ3n) is 3.02. The molecule has 2 aromatic rings. The van der Waals surface area contributed by atoms with Crippen molar-refractivity contribution in [3.8, 4) is 5.75 Å². The van der Waals surface area contributed by atoms with E-state index in [0.717, 1.165) is 5.56 Å². The zero-order chi connectivity index (χ0) is 16.3. The summed E-state index contributed by atoms with van der Waals surface area (Å²) in [4.78, 5) is 20.4. The first kappa shape index (κ1) is 15.5. The summed E-state index contributed by atoms with van der Waals surface area (Å²) in [5.41, 5.74) is 1.41. The summed E-state index contributed by atoms with van der Waals surface area (Å²) < 4.78 is 5.26. The molecule has 0 radical (unpaired) electrons. The van der Waals surface area contributed by atoms with Gasteiger partial charge in [-0.15, -0.1) is 0 Å². The molecular formula is C14H17N5O3. The number of rotatable bonds is 5. The summed E-state index contributed by atoms with van der Waals surface area (Å²) in [6.45, 7) is 1.92. The molecule has 0 unspecified atom stereocenters. The quantitative estimate of drug-likeness (QED) is 0.670. The van der Waals surface area contributed by atoms with Crippen LogP contribution in [0.4, 0.5) is 23.0 Å². The van der Waals surface area contributed by atoms with Crippen LogP contribution in [0.1, 0.15) is 5.56 Å². The standard InChI is InChI=1S/C14H17N5O3/c1-9-5-6-11(22-4)10(7-9)17-13-12(19(20)21)14(18(2)3)16-8-15-13/h5-8H,1-4H3,(H,15,16,17). The van der Waals surface area contributed by atoms with Crippen molar-refractivity contribution in [2.24, 2.45) is 0 Å². The number of nitro groups is 1. The minimum Gasteiger partial charge on any atom is -0.495 e. The van der Waals surface area contributed by atoms with E-state index in [4.69, 9.17) is 4.74 Å². The Morgan fingerprint density at radius 2 is 2.05 bits per heavy atom. The van der Waals surface area contributed by atoms with Gasteiger partial charge in [0, 0.05) is 14.1 Å². The fourth-order valence-electron chi connectivity index (χ4n) is 2.00. The second-order valence-electron chi connectivity index (χ2n) is 4.87. The Morgan fingerprint density at radius 3 is 2.64 bits per heavy atom. The van der Waals surface area contributed by atoms with Crippen molar-refractivity contribution in [1.82, 2.24) is 9.97 Å². The Balaban J connectivity index is 2.52. The largest absolute Gasteiger partial charge is 0.495 e. The highest BCUT2D eigenvalue weighted by atomic mass is 16.6. The zero-order valence-electron chi connectivity index (χ0n) is 12.8. The number of hydrogen-bond acceptors (Lipinski definition) is 7. The third-order valence-corrected chi connectivity index (χ3v) is 3.02. The maximum atomic E-state index is 11.4. The molecule has 0 fully saturated rings. The van der Waals surface area contributed by atoms with Crippen molar-refractivity contribution in [3.05, 3.63) is 40.2 Å². The molecule has 0 aliphatic rings. The first-order chi connectivity index (χ1) is 10.4. The van der Waals surface area contributed by atoms with Crippen LogP contribution in [0.25, 0.3) is 0 Å². The van der Waals surface area contributed by atoms with E-state index in [0.29, 0.717) is 11.4 Å². The number of benzene rings is 1. The Hall–Kier alpha value is -2.90. The number of nitrogens with zero attached hydrogens (tertiary/aromatic N) is 4. The molecule has 0 saturated heterocycles. The van der Waals surface area contributed by atoms with Crippen molar-refractivity contribution in [2.45, 2.75) is 6.92 Å². The van der Waals surface area contributed by atoms with Crippen molar-refractivity contribution in [1.29, 1.82) is 0 Å². The van der Waals surface area contributed by atoms with Crippen LogP contribution in [-0.2, 0) is 0 Å². The van der Waals surface area contributed by atoms with Crippen LogP contribution in [0.15, 0.2) is 24.5 Å². The molecule has 1 N–H and O–H groups in total. The molecule has 1 heterocycles. The summed E-state index contributed by atoms with van der Waals surface area (Å²) >= 11 is 0. The molecule has 8 nitrogen and oxygen atoms in total. The average molecular weight is 303 g/mol. The number of ether oxygens (including phenoxy) is 1. The summed E-state index contributed by atoms with van der Waals surface area (Å²) in [6, 6.07) is 5.52. The lowest BCUT2D eigenvalue weighted by atomic mass is 10.2. The molecule has 0 spiro atoms. The Bertz CT molecular complexity index is 703. The normalized spacial score (nSPS) is 10.2. The maximum absolute atomic E-state index is 11.4. The van der Waals surface area contributed by atoms with Crippen LogP contribution in [0.5, 0.6) is 5.75 Å². The smallest absolute Gasteiger partial charge is 0.353 e. The van der Waals surface area contributed by atoms with E-state index in [1.54, 1.807) is 25.1 Å². The van der Waals surface area contributed by atoms with Crippen molar-refractivity contribution in [3.63, 3.8) is 0 Å². The van der Waals surface area contributed by atoms with E-state index >= 15 is 0 Å². The van der Waals surface area contributed by atoms with E-state index in [-0.39, 0.29) is 17.3 Å². The first-order valence-electron chi connectivity index (χ1n) is 6.52. The topological polar surface area (TPSA) is 93.4 Å². The molecule has 1 aromatic heterocycles. The SMILES string of the molecule is COc1ccc(C)cc1Nc1ncnc(N(C)C)c1[N+](=O)[O-]. The second-order valence-corrected chi connectivity index (χ2v) is 4.87. The van der Waals surface area contributed by atoms with Crippen LogP contribution in [0.3, 0.4) is 0 Å². The minimum absolute atomic E-state index is 0.118. The highest BCUT2D eigenvalue weighted by Gasteiger charge is 2.25. The van der Waals surface area contributed by atoms with Gasteiger partial charge in [-0.2, -0.15) is 0 Å². The fraction of sp³-hybridized carbons (Fsp3) is 0.286. The van der Waals surface area contributed by atoms with Crippen LogP contribution in [0, 0.1) is 17.0 Å².